The van der Waals surface area contributed by atoms with E-state index in [1.54, 1.807) is 6.33 Å². The Morgan fingerprint density at radius 1 is 1.53 bits per heavy atom. The summed E-state index contributed by atoms with van der Waals surface area (Å²) in [5, 5.41) is 4.16. The second-order valence-electron chi connectivity index (χ2n) is 4.63. The number of hydrogen-bond acceptors (Lipinski definition) is 3. The molecule has 0 aromatic carbocycles. The molecule has 0 radical (unpaired) electrons. The summed E-state index contributed by atoms with van der Waals surface area (Å²) in [4.78, 5) is 15.4. The quantitative estimate of drug-likeness (QED) is 0.743. The fourth-order valence-electron chi connectivity index (χ4n) is 2.46. The molecule has 1 aromatic heterocycles. The molecule has 4 nitrogen and oxygen atoms in total. The van der Waals surface area contributed by atoms with E-state index in [9.17, 15) is 4.79 Å². The summed E-state index contributed by atoms with van der Waals surface area (Å²) in [7, 11) is 0. The van der Waals surface area contributed by atoms with Crippen molar-refractivity contribution in [2.45, 2.75) is 39.2 Å². The lowest BCUT2D eigenvalue weighted by atomic mass is 9.77. The molecule has 0 amide bonds. The number of nitrogens with zero attached hydrogens (tertiary/aromatic N) is 3. The van der Waals surface area contributed by atoms with Gasteiger partial charge >= 0.3 is 0 Å². The van der Waals surface area contributed by atoms with Gasteiger partial charge in [0.15, 0.2) is 0 Å². The molecular formula is C11H17N3O. The molecule has 0 aliphatic heterocycles. The lowest BCUT2D eigenvalue weighted by Crippen LogP contribution is -2.31. The zero-order chi connectivity index (χ0) is 10.8. The molecule has 1 aromatic rings. The van der Waals surface area contributed by atoms with E-state index in [0.29, 0.717) is 24.0 Å². The number of rotatable bonds is 2. The first-order valence-electron chi connectivity index (χ1n) is 5.54. The lowest BCUT2D eigenvalue weighted by Gasteiger charge is -2.33. The van der Waals surface area contributed by atoms with E-state index in [1.807, 2.05) is 4.68 Å². The van der Waals surface area contributed by atoms with E-state index < -0.39 is 0 Å². The highest BCUT2D eigenvalue weighted by atomic mass is 16.1. The SMILES string of the molecule is CC(C)C1CCC(=O)CC1n1cncn1. The fourth-order valence-corrected chi connectivity index (χ4v) is 2.46. The van der Waals surface area contributed by atoms with Gasteiger partial charge in [-0.3, -0.25) is 4.79 Å². The first kappa shape index (κ1) is 10.3. The number of aromatic nitrogens is 3. The number of Topliss-reactive ketones (excluding diaryl/α,β-unsaturated/α-hetero) is 1. The molecule has 2 atom stereocenters. The molecule has 1 aliphatic carbocycles. The molecule has 2 rings (SSSR count). The average Bonchev–Trinajstić information content (AvgIpc) is 2.69. The van der Waals surface area contributed by atoms with Gasteiger partial charge in [-0.2, -0.15) is 5.10 Å². The Morgan fingerprint density at radius 3 is 2.93 bits per heavy atom. The predicted octanol–water partition coefficient (Wildman–Crippen LogP) is 1.84. The first-order chi connectivity index (χ1) is 7.18. The molecule has 2 unspecified atom stereocenters. The maximum absolute atomic E-state index is 11.5. The summed E-state index contributed by atoms with van der Waals surface area (Å²) in [5.74, 6) is 1.49. The maximum Gasteiger partial charge on any atom is 0.137 e. The molecular weight excluding hydrogens is 190 g/mol. The molecule has 15 heavy (non-hydrogen) atoms. The largest absolute Gasteiger partial charge is 0.300 e. The number of ketones is 1. The van der Waals surface area contributed by atoms with Crippen molar-refractivity contribution in [2.24, 2.45) is 11.8 Å². The average molecular weight is 207 g/mol. The summed E-state index contributed by atoms with van der Waals surface area (Å²) >= 11 is 0. The van der Waals surface area contributed by atoms with Gasteiger partial charge < -0.3 is 0 Å². The van der Waals surface area contributed by atoms with Crippen LogP contribution in [0.3, 0.4) is 0 Å². The summed E-state index contributed by atoms with van der Waals surface area (Å²) in [6.07, 6.45) is 5.59. The first-order valence-corrected chi connectivity index (χ1v) is 5.54. The minimum absolute atomic E-state index is 0.216. The Hall–Kier alpha value is -1.19. The minimum atomic E-state index is 0.216. The Labute approximate surface area is 89.7 Å². The van der Waals surface area contributed by atoms with Gasteiger partial charge in [0.25, 0.3) is 0 Å². The third-order valence-corrected chi connectivity index (χ3v) is 3.32. The minimum Gasteiger partial charge on any atom is -0.300 e. The van der Waals surface area contributed by atoms with Crippen LogP contribution in [0.5, 0.6) is 0 Å². The molecule has 0 spiro atoms. The van der Waals surface area contributed by atoms with Crippen LogP contribution in [0.25, 0.3) is 0 Å². The van der Waals surface area contributed by atoms with E-state index in [1.165, 1.54) is 6.33 Å². The summed E-state index contributed by atoms with van der Waals surface area (Å²) in [6.45, 7) is 4.43. The Kier molecular flexibility index (Phi) is 2.84. The van der Waals surface area contributed by atoms with Crippen molar-refractivity contribution in [1.82, 2.24) is 14.8 Å². The van der Waals surface area contributed by atoms with Crippen molar-refractivity contribution in [3.63, 3.8) is 0 Å². The monoisotopic (exact) mass is 207 g/mol. The zero-order valence-corrected chi connectivity index (χ0v) is 9.26. The highest BCUT2D eigenvalue weighted by molar-refractivity contribution is 5.79. The number of carbonyl (C=O) groups is 1. The van der Waals surface area contributed by atoms with Gasteiger partial charge in [0.1, 0.15) is 18.4 Å². The predicted molar refractivity (Wildman–Crippen MR) is 56.2 cm³/mol. The van der Waals surface area contributed by atoms with Crippen LogP contribution in [0.4, 0.5) is 0 Å². The molecule has 4 heteroatoms. The van der Waals surface area contributed by atoms with Crippen LogP contribution in [-0.4, -0.2) is 20.5 Å². The van der Waals surface area contributed by atoms with Crippen LogP contribution >= 0.6 is 0 Å². The van der Waals surface area contributed by atoms with Gasteiger partial charge in [0, 0.05) is 12.8 Å². The van der Waals surface area contributed by atoms with E-state index in [-0.39, 0.29) is 6.04 Å². The Bertz CT molecular complexity index is 332. The van der Waals surface area contributed by atoms with Gasteiger partial charge in [0.2, 0.25) is 0 Å². The molecule has 82 valence electrons. The fraction of sp³-hybridized carbons (Fsp3) is 0.727. The second kappa shape index (κ2) is 4.13. The maximum atomic E-state index is 11.5. The van der Waals surface area contributed by atoms with Crippen LogP contribution in [0, 0.1) is 11.8 Å². The second-order valence-corrected chi connectivity index (χ2v) is 4.63. The molecule has 0 N–H and O–H groups in total. The van der Waals surface area contributed by atoms with Crippen molar-refractivity contribution >= 4 is 5.78 Å². The van der Waals surface area contributed by atoms with Crippen LogP contribution in [-0.2, 0) is 4.79 Å². The third-order valence-electron chi connectivity index (χ3n) is 3.32. The topological polar surface area (TPSA) is 47.8 Å². The van der Waals surface area contributed by atoms with Gasteiger partial charge in [-0.15, -0.1) is 0 Å². The summed E-state index contributed by atoms with van der Waals surface area (Å²) in [6, 6.07) is 0.216. The van der Waals surface area contributed by atoms with Crippen LogP contribution in [0.15, 0.2) is 12.7 Å². The van der Waals surface area contributed by atoms with Crippen LogP contribution in [0.1, 0.15) is 39.2 Å². The van der Waals surface area contributed by atoms with Crippen LogP contribution < -0.4 is 0 Å². The third kappa shape index (κ3) is 2.08. The van der Waals surface area contributed by atoms with Gasteiger partial charge in [0.05, 0.1) is 6.04 Å². The van der Waals surface area contributed by atoms with E-state index in [0.717, 1.165) is 12.8 Å². The zero-order valence-electron chi connectivity index (χ0n) is 9.26. The number of hydrogen-bond donors (Lipinski definition) is 0. The van der Waals surface area contributed by atoms with E-state index in [2.05, 4.69) is 23.9 Å². The van der Waals surface area contributed by atoms with Crippen molar-refractivity contribution in [1.29, 1.82) is 0 Å². The molecule has 1 heterocycles. The highest BCUT2D eigenvalue weighted by Crippen LogP contribution is 2.36. The lowest BCUT2D eigenvalue weighted by molar-refractivity contribution is -0.122. The standard InChI is InChI=1S/C11H17N3O/c1-8(2)10-4-3-9(15)5-11(10)14-7-12-6-13-14/h6-8,10-11H,3-5H2,1-2H3. The molecule has 1 saturated carbocycles. The molecule has 0 saturated heterocycles. The summed E-state index contributed by atoms with van der Waals surface area (Å²) < 4.78 is 1.85. The normalized spacial score (nSPS) is 27.3. The van der Waals surface area contributed by atoms with Crippen molar-refractivity contribution in [3.8, 4) is 0 Å². The van der Waals surface area contributed by atoms with Crippen molar-refractivity contribution in [2.75, 3.05) is 0 Å². The van der Waals surface area contributed by atoms with Crippen molar-refractivity contribution < 1.29 is 4.79 Å². The van der Waals surface area contributed by atoms with E-state index >= 15 is 0 Å². The van der Waals surface area contributed by atoms with E-state index in [4.69, 9.17) is 0 Å². The Balaban J connectivity index is 2.20. The summed E-state index contributed by atoms with van der Waals surface area (Å²) in [5.41, 5.74) is 0. The van der Waals surface area contributed by atoms with Crippen molar-refractivity contribution in [3.05, 3.63) is 12.7 Å². The highest BCUT2D eigenvalue weighted by Gasteiger charge is 2.32. The number of carbonyl (C=O) groups excluding carboxylic acids is 1. The Morgan fingerprint density at radius 2 is 2.33 bits per heavy atom. The molecule has 0 bridgehead atoms. The smallest absolute Gasteiger partial charge is 0.137 e. The van der Waals surface area contributed by atoms with Gasteiger partial charge in [-0.1, -0.05) is 13.8 Å². The molecule has 1 fully saturated rings. The molecule has 1 aliphatic rings. The van der Waals surface area contributed by atoms with Gasteiger partial charge in [-0.05, 0) is 18.3 Å². The van der Waals surface area contributed by atoms with Gasteiger partial charge in [-0.25, -0.2) is 9.67 Å². The van der Waals surface area contributed by atoms with Crippen LogP contribution in [0.2, 0.25) is 0 Å².